The Morgan fingerprint density at radius 1 is 0.548 bits per heavy atom. The number of hydrogen-bond donors (Lipinski definition) is 3. The van der Waals surface area contributed by atoms with Crippen LogP contribution in [0.15, 0.2) is 83.0 Å². The van der Waals surface area contributed by atoms with Crippen molar-refractivity contribution in [3.8, 4) is 0 Å². The molecule has 4 aliphatic heterocycles. The molecular formula is C63H74O21. The SMILES string of the molecule is CC(=O)O[C@@]12COC1C[C@H](C)[C@@]1(C)C(=O)[C@H](C)C3=C(C)[C@@H](O)[C@@H]4OC(=O)O[C@]4([C@@H](OC(=O)c4ccccc4)[C@@H]12)C3(C)C.CC(=O)O[C@@]12COC1C[C@H](C)[C@@]1(C)C(=O)[C@H](O)C3=C(C)[C@@H](O)[C@@H]4OC(=O)O[C@]4([C@@H](OC(=O)c4ccccc4)[C@@H]12)C3(C)C. The Morgan fingerprint density at radius 3 is 1.29 bits per heavy atom. The minimum absolute atomic E-state index is 0.0362. The number of benzene rings is 2. The largest absolute Gasteiger partial charge is 0.509 e. The van der Waals surface area contributed by atoms with Crippen LogP contribution in [0.1, 0.15) is 124 Å². The van der Waals surface area contributed by atoms with Gasteiger partial charge in [-0.2, -0.15) is 0 Å². The lowest BCUT2D eigenvalue weighted by molar-refractivity contribution is -0.340. The van der Waals surface area contributed by atoms with E-state index in [1.807, 2.05) is 34.6 Å². The van der Waals surface area contributed by atoms with Crippen molar-refractivity contribution in [2.24, 2.45) is 51.2 Å². The van der Waals surface area contributed by atoms with Gasteiger partial charge in [0.05, 0.1) is 36.2 Å². The third-order valence-electron chi connectivity index (χ3n) is 22.1. The second-order valence-corrected chi connectivity index (χ2v) is 26.4. The van der Waals surface area contributed by atoms with E-state index in [1.165, 1.54) is 13.8 Å². The molecule has 6 aliphatic carbocycles. The molecule has 2 aromatic carbocycles. The number of Topliss-reactive ketones (excluding diaryl/α,β-unsaturated/α-hetero) is 2. The van der Waals surface area contributed by atoms with Crippen LogP contribution in [0.4, 0.5) is 9.59 Å². The number of carbonyl (C=O) groups excluding carboxylic acids is 8. The highest BCUT2D eigenvalue weighted by Gasteiger charge is 2.84. The molecule has 3 N–H and O–H groups in total. The van der Waals surface area contributed by atoms with Crippen LogP contribution < -0.4 is 0 Å². The molecule has 8 fully saturated rings. The smallest absolute Gasteiger partial charge is 0.454 e. The van der Waals surface area contributed by atoms with Crippen LogP contribution >= 0.6 is 0 Å². The van der Waals surface area contributed by atoms with Crippen LogP contribution in [0.2, 0.25) is 0 Å². The molecule has 10 aliphatic rings. The number of hydrogen-bond acceptors (Lipinski definition) is 21. The molecule has 4 heterocycles. The molecule has 4 saturated carbocycles. The molecule has 20 atom stereocenters. The first-order chi connectivity index (χ1) is 39.3. The number of ether oxygens (including phenoxy) is 10. The standard InChI is InChI=1S/C32H38O10.C31H36O11/c1-15-13-20-31(14-38-20,41-18(4)33)23-26(39-27(36)19-11-9-8-10-12-19)32-25(40-28(37)42-32)22(34)16(2)21(29(32,5)6)17(3)24(35)30(15,23)7;1-14-12-18-30(13-38-18,41-16(3)32)22-25(39-26(36)17-10-8-7-9-11-17)31-24(40-27(37)42-31)20(33)15(2)19(28(31,4)5)21(34)23(35)29(14,22)6/h8-12,15,17,20,22-23,25-26,34H,13-14H2,1-7H3;7-11,14,18,20-22,24-25,33-34H,12-13H2,1-6H3/t15-,17+,20?,22+,23-,25-,26-,30+,31-,32+;14-,18?,20+,21+,22-,24-,25-,29+,30-,31+/m00/s1. The van der Waals surface area contributed by atoms with Crippen LogP contribution in [0.5, 0.6) is 0 Å². The lowest BCUT2D eigenvalue weighted by atomic mass is 9.42. The van der Waals surface area contributed by atoms with Crippen molar-refractivity contribution in [1.82, 2.24) is 0 Å². The van der Waals surface area contributed by atoms with Crippen molar-refractivity contribution in [3.05, 3.63) is 94.1 Å². The summed E-state index contributed by atoms with van der Waals surface area (Å²) < 4.78 is 60.5. The predicted molar refractivity (Wildman–Crippen MR) is 289 cm³/mol. The fourth-order valence-corrected chi connectivity index (χ4v) is 17.9. The molecule has 0 aromatic heterocycles. The molecule has 21 heteroatoms. The summed E-state index contributed by atoms with van der Waals surface area (Å²) in [6, 6.07) is 16.5. The van der Waals surface area contributed by atoms with Crippen molar-refractivity contribution in [2.75, 3.05) is 13.2 Å². The summed E-state index contributed by atoms with van der Waals surface area (Å²) >= 11 is 0. The van der Waals surface area contributed by atoms with E-state index in [1.54, 1.807) is 102 Å². The van der Waals surface area contributed by atoms with E-state index in [0.717, 1.165) is 0 Å². The number of carbonyl (C=O) groups is 8. The first kappa shape index (κ1) is 59.2. The molecule has 12 rings (SSSR count). The number of aliphatic hydroxyl groups is 3. The number of ketones is 2. The summed E-state index contributed by atoms with van der Waals surface area (Å²) in [5.41, 5.74) is -9.88. The summed E-state index contributed by atoms with van der Waals surface area (Å²) in [7, 11) is 0. The van der Waals surface area contributed by atoms with Gasteiger partial charge in [0, 0.05) is 41.4 Å². The van der Waals surface area contributed by atoms with Gasteiger partial charge in [0.1, 0.15) is 36.3 Å². The van der Waals surface area contributed by atoms with Gasteiger partial charge in [-0.3, -0.25) is 19.2 Å². The summed E-state index contributed by atoms with van der Waals surface area (Å²) in [6.07, 6.45) is -12.7. The van der Waals surface area contributed by atoms with Crippen LogP contribution in [0.3, 0.4) is 0 Å². The molecule has 0 amide bonds. The Bertz CT molecular complexity index is 3010. The normalized spacial score (nSPS) is 43.3. The fourth-order valence-electron chi connectivity index (χ4n) is 17.9. The van der Waals surface area contributed by atoms with E-state index in [0.29, 0.717) is 24.0 Å². The number of esters is 4. The molecule has 84 heavy (non-hydrogen) atoms. The van der Waals surface area contributed by atoms with Crippen molar-refractivity contribution in [2.45, 2.75) is 180 Å². The second kappa shape index (κ2) is 19.5. The van der Waals surface area contributed by atoms with E-state index in [-0.39, 0.29) is 47.2 Å². The Morgan fingerprint density at radius 2 is 0.917 bits per heavy atom. The quantitative estimate of drug-likeness (QED) is 0.163. The van der Waals surface area contributed by atoms with Crippen LogP contribution in [0.25, 0.3) is 0 Å². The monoisotopic (exact) mass is 1170 g/mol. The fraction of sp³-hybridized carbons (Fsp3) is 0.619. The van der Waals surface area contributed by atoms with E-state index in [4.69, 9.17) is 47.4 Å². The van der Waals surface area contributed by atoms with Gasteiger partial charge in [0.2, 0.25) is 11.2 Å². The zero-order chi connectivity index (χ0) is 61.1. The zero-order valence-corrected chi connectivity index (χ0v) is 49.4. The molecule has 0 radical (unpaired) electrons. The lowest BCUT2D eigenvalue weighted by Gasteiger charge is -2.68. The van der Waals surface area contributed by atoms with Gasteiger partial charge in [-0.05, 0) is 85.1 Å². The number of aliphatic hydroxyl groups excluding tert-OH is 3. The van der Waals surface area contributed by atoms with Gasteiger partial charge < -0.3 is 62.7 Å². The molecule has 4 saturated heterocycles. The summed E-state index contributed by atoms with van der Waals surface area (Å²) in [5, 5.41) is 35.1. The molecule has 452 valence electrons. The van der Waals surface area contributed by atoms with Gasteiger partial charge in [-0.15, -0.1) is 0 Å². The van der Waals surface area contributed by atoms with E-state index in [2.05, 4.69) is 0 Å². The lowest BCUT2D eigenvalue weighted by Crippen LogP contribution is -2.82. The van der Waals surface area contributed by atoms with Crippen molar-refractivity contribution >= 4 is 47.8 Å². The summed E-state index contributed by atoms with van der Waals surface area (Å²) in [5.74, 6) is -7.08. The van der Waals surface area contributed by atoms with E-state index >= 15 is 0 Å². The third-order valence-corrected chi connectivity index (χ3v) is 22.1. The minimum Gasteiger partial charge on any atom is -0.454 e. The Hall–Kier alpha value is -6.52. The first-order valence-electron chi connectivity index (χ1n) is 28.8. The zero-order valence-electron chi connectivity index (χ0n) is 49.4. The minimum atomic E-state index is -1.94. The second-order valence-electron chi connectivity index (χ2n) is 26.4. The Kier molecular flexibility index (Phi) is 13.7. The Balaban J connectivity index is 0.000000175. The van der Waals surface area contributed by atoms with Crippen molar-refractivity contribution in [3.63, 3.8) is 0 Å². The van der Waals surface area contributed by atoms with Gasteiger partial charge in [-0.25, -0.2) is 19.2 Å². The molecule has 2 aromatic rings. The molecular weight excluding hydrogens is 1090 g/mol. The van der Waals surface area contributed by atoms with E-state index in [9.17, 15) is 53.7 Å². The number of fused-ring (bicyclic) bond motifs is 8. The number of rotatable bonds is 6. The Labute approximate surface area is 485 Å². The highest BCUT2D eigenvalue weighted by molar-refractivity contribution is 5.95. The molecule has 2 spiro atoms. The van der Waals surface area contributed by atoms with Gasteiger partial charge in [0.15, 0.2) is 41.4 Å². The average molecular weight is 1170 g/mol. The predicted octanol–water partition coefficient (Wildman–Crippen LogP) is 6.30. The van der Waals surface area contributed by atoms with Gasteiger partial charge in [-0.1, -0.05) is 98.7 Å². The third kappa shape index (κ3) is 7.55. The molecule has 2 unspecified atom stereocenters. The molecule has 21 nitrogen and oxygen atoms in total. The molecule has 4 bridgehead atoms. The van der Waals surface area contributed by atoms with Crippen LogP contribution in [-0.2, 0) is 66.5 Å². The van der Waals surface area contributed by atoms with Gasteiger partial charge in [0.25, 0.3) is 0 Å². The maximum Gasteiger partial charge on any atom is 0.509 e. The van der Waals surface area contributed by atoms with Gasteiger partial charge >= 0.3 is 36.2 Å². The maximum absolute atomic E-state index is 14.9. The summed E-state index contributed by atoms with van der Waals surface area (Å²) in [4.78, 5) is 109. The summed E-state index contributed by atoms with van der Waals surface area (Å²) in [6.45, 7) is 21.7. The highest BCUT2D eigenvalue weighted by Crippen LogP contribution is 2.70. The topological polar surface area (TPSA) is 290 Å². The highest BCUT2D eigenvalue weighted by atomic mass is 16.8. The first-order valence-corrected chi connectivity index (χ1v) is 28.8. The average Bonchev–Trinajstić information content (AvgIpc) is 1.05. The maximum atomic E-state index is 14.9. The van der Waals surface area contributed by atoms with Crippen molar-refractivity contribution in [1.29, 1.82) is 0 Å². The van der Waals surface area contributed by atoms with Crippen molar-refractivity contribution < 1.29 is 101 Å². The van der Waals surface area contributed by atoms with Crippen LogP contribution in [0, 0.1) is 51.2 Å². The van der Waals surface area contributed by atoms with Crippen LogP contribution in [-0.4, -0.2) is 154 Å². The van der Waals surface area contributed by atoms with E-state index < -0.39 is 165 Å².